The van der Waals surface area contributed by atoms with Gasteiger partial charge in [-0.05, 0) is 0 Å². The summed E-state index contributed by atoms with van der Waals surface area (Å²) in [6.07, 6.45) is 0. The predicted octanol–water partition coefficient (Wildman–Crippen LogP) is -4.95. The molecule has 0 saturated heterocycles. The fraction of sp³-hybridized carbons (Fsp3) is 0. The Morgan fingerprint density at radius 2 is 0.412 bits per heavy atom. The van der Waals surface area contributed by atoms with Gasteiger partial charge in [-0.15, -0.1) is 0 Å². The normalized spacial score (nSPS) is 6.35. The van der Waals surface area contributed by atoms with Crippen LogP contribution in [0.1, 0.15) is 0 Å². The molecule has 0 aromatic heterocycles. The molecule has 8 nitrogen and oxygen atoms in total. The summed E-state index contributed by atoms with van der Waals surface area (Å²) in [5, 5.41) is 55.6. The van der Waals surface area contributed by atoms with E-state index in [-0.39, 0.29) is 18.9 Å². The molecular formula is H9B4F4LiO8. The third-order valence-corrected chi connectivity index (χ3v) is 0. The second-order valence-corrected chi connectivity index (χ2v) is 1.24. The molecule has 0 unspecified atom stereocenters. The molecule has 0 aromatic carbocycles. The Bertz CT molecular complexity index is 72.5. The summed E-state index contributed by atoms with van der Waals surface area (Å²) in [5.41, 5.74) is 0. The van der Waals surface area contributed by atoms with Crippen molar-refractivity contribution in [3.8, 4) is 0 Å². The molecular weight excluding hydrogens is 254 g/mol. The summed E-state index contributed by atoms with van der Waals surface area (Å²) < 4.78 is 40.4. The first kappa shape index (κ1) is 30.4. The van der Waals surface area contributed by atoms with Gasteiger partial charge in [-0.25, -0.2) is 0 Å². The van der Waals surface area contributed by atoms with E-state index in [9.17, 15) is 17.3 Å². The van der Waals surface area contributed by atoms with E-state index in [1.807, 2.05) is 0 Å². The van der Waals surface area contributed by atoms with E-state index in [1.54, 1.807) is 0 Å². The van der Waals surface area contributed by atoms with Crippen LogP contribution < -0.4 is 0 Å². The zero-order valence-electron chi connectivity index (χ0n) is 7.40. The van der Waals surface area contributed by atoms with Crippen LogP contribution in [0.4, 0.5) is 17.3 Å². The molecule has 0 heterocycles. The molecule has 8 N–H and O–H groups in total. The van der Waals surface area contributed by atoms with Gasteiger partial charge in [0.1, 0.15) is 0 Å². The Balaban J connectivity index is -0.0000000369. The fourth-order valence-electron chi connectivity index (χ4n) is 0. The minimum atomic E-state index is -2.67. The van der Waals surface area contributed by atoms with Crippen molar-refractivity contribution in [2.45, 2.75) is 0 Å². The zero-order valence-corrected chi connectivity index (χ0v) is 7.40. The number of hydrogen-bond acceptors (Lipinski definition) is 8. The van der Waals surface area contributed by atoms with E-state index < -0.39 is 29.6 Å². The summed E-state index contributed by atoms with van der Waals surface area (Å²) in [5.74, 6) is 0. The van der Waals surface area contributed by atoms with Crippen molar-refractivity contribution in [1.82, 2.24) is 0 Å². The third kappa shape index (κ3) is 50000. The Morgan fingerprint density at radius 3 is 0.412 bits per heavy atom. The molecule has 0 fully saturated rings. The van der Waals surface area contributed by atoms with Crippen molar-refractivity contribution in [2.75, 3.05) is 0 Å². The fourth-order valence-corrected chi connectivity index (χ4v) is 0. The molecule has 17 heavy (non-hydrogen) atoms. The van der Waals surface area contributed by atoms with Gasteiger partial charge < -0.3 is 40.2 Å². The molecule has 0 atom stereocenters. The van der Waals surface area contributed by atoms with Crippen LogP contribution >= 0.6 is 0 Å². The van der Waals surface area contributed by atoms with Gasteiger partial charge in [0.05, 0.1) is 0 Å². The van der Waals surface area contributed by atoms with E-state index in [2.05, 4.69) is 0 Å². The standard InChI is InChI=1S/4BFH2O2.Li.H/c4*2-1(3)4;;/h4*3-4H;;. The number of rotatable bonds is 0. The Morgan fingerprint density at radius 1 is 0.412 bits per heavy atom. The van der Waals surface area contributed by atoms with Gasteiger partial charge in [-0.3, -0.25) is 17.3 Å². The SMILES string of the molecule is OB(O)F.OB(O)F.OB(O)F.OB(O)F.[LiH]. The van der Waals surface area contributed by atoms with Crippen LogP contribution in [-0.2, 0) is 0 Å². The monoisotopic (exact) mass is 264 g/mol. The molecule has 0 aliphatic carbocycles. The average Bonchev–Trinajstić information content (AvgIpc) is 1.76. The van der Waals surface area contributed by atoms with Crippen molar-refractivity contribution in [1.29, 1.82) is 0 Å². The predicted molar refractivity (Wildman–Crippen MR) is 52.3 cm³/mol. The Labute approximate surface area is 106 Å². The number of halogens is 4. The van der Waals surface area contributed by atoms with Gasteiger partial charge in [-0.2, -0.15) is 0 Å². The summed E-state index contributed by atoms with van der Waals surface area (Å²) in [6.45, 7) is 0. The summed E-state index contributed by atoms with van der Waals surface area (Å²) >= 11 is 0. The van der Waals surface area contributed by atoms with Crippen molar-refractivity contribution in [2.24, 2.45) is 0 Å². The van der Waals surface area contributed by atoms with Gasteiger partial charge in [0, 0.05) is 0 Å². The molecule has 0 bridgehead atoms. The second kappa shape index (κ2) is 25.2. The van der Waals surface area contributed by atoms with E-state index in [4.69, 9.17) is 40.2 Å². The molecule has 17 heteroatoms. The first-order valence-electron chi connectivity index (χ1n) is 2.94. The molecule has 0 aliphatic heterocycles. The summed E-state index contributed by atoms with van der Waals surface area (Å²) in [6, 6.07) is 0. The quantitative estimate of drug-likeness (QED) is 0.159. The maximum atomic E-state index is 10.1. The number of hydrogen-bond donors (Lipinski definition) is 8. The Kier molecular flexibility index (Phi) is 45.0. The van der Waals surface area contributed by atoms with Gasteiger partial charge in [0.25, 0.3) is 0 Å². The molecule has 0 aromatic rings. The minimum absolute atomic E-state index is 0. The second-order valence-electron chi connectivity index (χ2n) is 1.24. The molecule has 0 amide bonds. The van der Waals surface area contributed by atoms with E-state index in [1.165, 1.54) is 0 Å². The molecule has 0 radical (unpaired) electrons. The van der Waals surface area contributed by atoms with Gasteiger partial charge in [0.15, 0.2) is 0 Å². The topological polar surface area (TPSA) is 162 Å². The first-order valence-corrected chi connectivity index (χ1v) is 2.94. The van der Waals surface area contributed by atoms with Crippen molar-refractivity contribution < 1.29 is 57.5 Å². The van der Waals surface area contributed by atoms with E-state index >= 15 is 0 Å². The van der Waals surface area contributed by atoms with E-state index in [0.29, 0.717) is 0 Å². The summed E-state index contributed by atoms with van der Waals surface area (Å²) in [4.78, 5) is 0. The van der Waals surface area contributed by atoms with Gasteiger partial charge >= 0.3 is 48.4 Å². The van der Waals surface area contributed by atoms with E-state index in [0.717, 1.165) is 0 Å². The van der Waals surface area contributed by atoms with Crippen molar-refractivity contribution >= 4 is 48.4 Å². The third-order valence-electron chi connectivity index (χ3n) is 0. The van der Waals surface area contributed by atoms with Crippen LogP contribution in [0.15, 0.2) is 0 Å². The van der Waals surface area contributed by atoms with Crippen molar-refractivity contribution in [3.63, 3.8) is 0 Å². The first-order chi connectivity index (χ1) is 6.93. The van der Waals surface area contributed by atoms with Crippen LogP contribution in [0.2, 0.25) is 0 Å². The molecule has 0 spiro atoms. The maximum absolute atomic E-state index is 10.1. The summed E-state index contributed by atoms with van der Waals surface area (Å²) in [7, 11) is -10.7. The van der Waals surface area contributed by atoms with Crippen LogP contribution in [0.5, 0.6) is 0 Å². The molecule has 0 saturated carbocycles. The van der Waals surface area contributed by atoms with Crippen LogP contribution in [0, 0.1) is 0 Å². The van der Waals surface area contributed by atoms with Gasteiger partial charge in [-0.1, -0.05) is 0 Å². The van der Waals surface area contributed by atoms with Crippen LogP contribution in [0.3, 0.4) is 0 Å². The molecule has 0 rings (SSSR count). The zero-order chi connectivity index (χ0) is 14.3. The molecule has 0 aliphatic rings. The Hall–Kier alpha value is 0.257. The van der Waals surface area contributed by atoms with Crippen LogP contribution in [0.25, 0.3) is 0 Å². The van der Waals surface area contributed by atoms with Gasteiger partial charge in [0.2, 0.25) is 0 Å². The average molecular weight is 263 g/mol. The van der Waals surface area contributed by atoms with Crippen molar-refractivity contribution in [3.05, 3.63) is 0 Å². The van der Waals surface area contributed by atoms with Crippen LogP contribution in [-0.4, -0.2) is 88.6 Å². The molecule has 98 valence electrons.